The van der Waals surface area contributed by atoms with Gasteiger partial charge in [0, 0.05) is 6.54 Å². The summed E-state index contributed by atoms with van der Waals surface area (Å²) >= 11 is 0. The third-order valence-corrected chi connectivity index (χ3v) is 13.1. The molecule has 0 aliphatic heterocycles. The Morgan fingerprint density at radius 2 is 1.10 bits per heavy atom. The van der Waals surface area contributed by atoms with E-state index in [0.29, 0.717) is 36.8 Å². The van der Waals surface area contributed by atoms with Crippen LogP contribution in [-0.4, -0.2) is 73.7 Å². The molecule has 0 spiro atoms. The van der Waals surface area contributed by atoms with Crippen molar-refractivity contribution in [3.8, 4) is 11.1 Å². The molecule has 4 aromatic carbocycles. The maximum absolute atomic E-state index is 15.3. The maximum atomic E-state index is 15.3. The Balaban J connectivity index is 1.25. The highest BCUT2D eigenvalue weighted by atomic mass is 31.2. The third kappa shape index (κ3) is 13.7. The van der Waals surface area contributed by atoms with E-state index in [0.717, 1.165) is 55.2 Å². The zero-order valence-electron chi connectivity index (χ0n) is 35.6. The quantitative estimate of drug-likeness (QED) is 0.0468. The van der Waals surface area contributed by atoms with E-state index in [9.17, 15) is 19.2 Å². The highest BCUT2D eigenvalue weighted by molar-refractivity contribution is 7.53. The summed E-state index contributed by atoms with van der Waals surface area (Å²) in [5.74, 6) is -1.86. The predicted octanol–water partition coefficient (Wildman–Crippen LogP) is 9.23. The van der Waals surface area contributed by atoms with Crippen LogP contribution in [0.2, 0.25) is 0 Å². The fraction of sp³-hybridized carbons (Fsp3) is 0.429. The number of esters is 3. The molecule has 1 unspecified atom stereocenters. The second-order valence-corrected chi connectivity index (χ2v) is 18.2. The van der Waals surface area contributed by atoms with E-state index >= 15 is 4.57 Å². The topological polar surface area (TPSA) is 156 Å². The molecule has 0 heterocycles. The summed E-state index contributed by atoms with van der Waals surface area (Å²) in [7, 11) is -4.21. The summed E-state index contributed by atoms with van der Waals surface area (Å²) in [5, 5.41) is 6.03. The van der Waals surface area contributed by atoms with Gasteiger partial charge in [0.2, 0.25) is 5.91 Å². The Kier molecular flexibility index (Phi) is 17.1. The summed E-state index contributed by atoms with van der Waals surface area (Å²) in [6.45, 7) is 1.56. The second kappa shape index (κ2) is 22.8. The van der Waals surface area contributed by atoms with Crippen LogP contribution in [0.15, 0.2) is 115 Å². The van der Waals surface area contributed by atoms with Gasteiger partial charge in [0.15, 0.2) is 0 Å². The Morgan fingerprint density at radius 1 is 0.629 bits per heavy atom. The lowest BCUT2D eigenvalue weighted by Crippen LogP contribution is -2.47. The Morgan fingerprint density at radius 3 is 1.58 bits per heavy atom. The van der Waals surface area contributed by atoms with E-state index in [1.807, 2.05) is 66.7 Å². The van der Waals surface area contributed by atoms with Crippen molar-refractivity contribution in [1.29, 1.82) is 0 Å². The smallest absolute Gasteiger partial charge is 0.344 e. The minimum absolute atomic E-state index is 0.0175. The number of carbonyl (C=O) groups excluding carboxylic acids is 4. The van der Waals surface area contributed by atoms with Crippen molar-refractivity contribution in [2.24, 2.45) is 0 Å². The highest BCUT2D eigenvalue weighted by Gasteiger charge is 2.43. The van der Waals surface area contributed by atoms with E-state index in [-0.39, 0.29) is 39.2 Å². The zero-order valence-corrected chi connectivity index (χ0v) is 36.5. The molecule has 62 heavy (non-hydrogen) atoms. The number of hydrogen-bond donors (Lipinski definition) is 2. The van der Waals surface area contributed by atoms with Gasteiger partial charge in [-0.1, -0.05) is 104 Å². The largest absolute Gasteiger partial charge is 0.466 e. The Bertz CT molecular complexity index is 2000. The lowest BCUT2D eigenvalue weighted by Gasteiger charge is -2.39. The molecule has 1 atom stereocenters. The van der Waals surface area contributed by atoms with Gasteiger partial charge in [-0.3, -0.25) is 19.5 Å². The van der Waals surface area contributed by atoms with Gasteiger partial charge in [0.05, 0.1) is 49.7 Å². The molecule has 12 nitrogen and oxygen atoms in total. The fourth-order valence-corrected chi connectivity index (χ4v) is 9.55. The van der Waals surface area contributed by atoms with Crippen LogP contribution in [0.1, 0.15) is 104 Å². The van der Waals surface area contributed by atoms with E-state index in [1.54, 1.807) is 55.5 Å². The SMILES string of the molecule is CCOC(=O)CCNC(=O)C(Cc1ccc(-c2ccccc2)cc1)NCP(=O)(OCC1(OC(=O)c2ccccc2)CCCCC1)OCC1(OC(=O)c2ccccc2)CCCCC1. The van der Waals surface area contributed by atoms with Crippen LogP contribution in [-0.2, 0) is 43.8 Å². The van der Waals surface area contributed by atoms with Crippen LogP contribution < -0.4 is 10.6 Å². The number of amides is 1. The molecule has 0 saturated heterocycles. The van der Waals surface area contributed by atoms with Crippen molar-refractivity contribution in [1.82, 2.24) is 10.6 Å². The lowest BCUT2D eigenvalue weighted by atomic mass is 9.85. The number of rotatable bonds is 21. The van der Waals surface area contributed by atoms with Crippen molar-refractivity contribution in [3.05, 3.63) is 132 Å². The van der Waals surface area contributed by atoms with Gasteiger partial charge in [-0.15, -0.1) is 0 Å². The predicted molar refractivity (Wildman–Crippen MR) is 236 cm³/mol. The van der Waals surface area contributed by atoms with Gasteiger partial charge in [-0.05, 0) is 106 Å². The van der Waals surface area contributed by atoms with Crippen molar-refractivity contribution in [3.63, 3.8) is 0 Å². The second-order valence-electron chi connectivity index (χ2n) is 16.2. The molecule has 2 N–H and O–H groups in total. The lowest BCUT2D eigenvalue weighted by molar-refractivity contribution is -0.143. The molecule has 0 bridgehead atoms. The summed E-state index contributed by atoms with van der Waals surface area (Å²) in [6, 6.07) is 34.3. The molecular weight excluding hydrogens is 808 g/mol. The van der Waals surface area contributed by atoms with Crippen LogP contribution in [0.3, 0.4) is 0 Å². The van der Waals surface area contributed by atoms with Crippen LogP contribution >= 0.6 is 7.60 Å². The fourth-order valence-electron chi connectivity index (χ4n) is 7.99. The molecule has 2 aliphatic rings. The minimum atomic E-state index is -4.21. The first-order chi connectivity index (χ1) is 30.1. The molecule has 330 valence electrons. The van der Waals surface area contributed by atoms with Gasteiger partial charge in [0.25, 0.3) is 0 Å². The van der Waals surface area contributed by atoms with Crippen molar-refractivity contribution >= 4 is 31.4 Å². The molecule has 13 heteroatoms. The number of carbonyl (C=O) groups is 4. The average molecular weight is 867 g/mol. The summed E-state index contributed by atoms with van der Waals surface area (Å²) in [4.78, 5) is 52.9. The Labute approximate surface area is 364 Å². The first-order valence-electron chi connectivity index (χ1n) is 21.8. The highest BCUT2D eigenvalue weighted by Crippen LogP contribution is 2.51. The summed E-state index contributed by atoms with van der Waals surface area (Å²) < 4.78 is 45.5. The van der Waals surface area contributed by atoms with Gasteiger partial charge in [-0.2, -0.15) is 0 Å². The molecule has 2 saturated carbocycles. The van der Waals surface area contributed by atoms with E-state index in [4.69, 9.17) is 23.3 Å². The molecule has 4 aromatic rings. The minimum Gasteiger partial charge on any atom is -0.466 e. The number of nitrogens with one attached hydrogen (secondary N) is 2. The third-order valence-electron chi connectivity index (χ3n) is 11.5. The van der Waals surface area contributed by atoms with E-state index in [1.165, 1.54) is 0 Å². The first kappa shape index (κ1) is 46.4. The number of benzene rings is 4. The summed E-state index contributed by atoms with van der Waals surface area (Å²) in [5.41, 5.74) is 1.54. The van der Waals surface area contributed by atoms with Gasteiger partial charge in [-0.25, -0.2) is 9.59 Å². The number of hydrogen-bond acceptors (Lipinski definition) is 11. The van der Waals surface area contributed by atoms with Crippen LogP contribution in [0, 0.1) is 0 Å². The van der Waals surface area contributed by atoms with Crippen molar-refractivity contribution in [2.75, 3.05) is 32.7 Å². The maximum Gasteiger partial charge on any atom is 0.344 e. The normalized spacial score (nSPS) is 16.3. The van der Waals surface area contributed by atoms with E-state index < -0.39 is 54.9 Å². The van der Waals surface area contributed by atoms with Crippen LogP contribution in [0.4, 0.5) is 0 Å². The van der Waals surface area contributed by atoms with Crippen molar-refractivity contribution < 1.29 is 47.0 Å². The number of ether oxygens (including phenoxy) is 3. The summed E-state index contributed by atoms with van der Waals surface area (Å²) in [6.07, 6.45) is 6.84. The standard InChI is InChI=1S/C49H59N2O10P/c1-2-57-44(52)28-33-50-45(53)43(34-38-24-26-40(27-25-38)39-18-8-3-9-19-39)51-37-62(56,58-35-48(29-14-6-15-30-48)60-46(54)41-20-10-4-11-21-41)59-36-49(31-16-7-17-32-49)61-47(55)42-22-12-5-13-23-42/h3-5,8-13,18-27,43,51H,2,6-7,14-17,28-37H2,1H3,(H,50,53). The first-order valence-corrected chi connectivity index (χ1v) is 23.6. The molecule has 2 fully saturated rings. The molecule has 0 radical (unpaired) electrons. The zero-order chi connectivity index (χ0) is 43.7. The molecule has 2 aliphatic carbocycles. The monoisotopic (exact) mass is 866 g/mol. The Hall–Kier alpha value is -5.13. The molecule has 6 rings (SSSR count). The molecular formula is C49H59N2O10P. The van der Waals surface area contributed by atoms with Gasteiger partial charge >= 0.3 is 25.5 Å². The van der Waals surface area contributed by atoms with E-state index in [2.05, 4.69) is 10.6 Å². The average Bonchev–Trinajstić information content (AvgIpc) is 3.31. The molecule has 1 amide bonds. The van der Waals surface area contributed by atoms with Crippen LogP contribution in [0.25, 0.3) is 11.1 Å². The molecule has 0 aromatic heterocycles. The van der Waals surface area contributed by atoms with Gasteiger partial charge < -0.3 is 28.6 Å². The van der Waals surface area contributed by atoms with Crippen molar-refractivity contribution in [2.45, 2.75) is 101 Å². The van der Waals surface area contributed by atoms with Crippen LogP contribution in [0.5, 0.6) is 0 Å². The van der Waals surface area contributed by atoms with Gasteiger partial charge in [0.1, 0.15) is 11.2 Å².